The maximum atomic E-state index is 2.30. The van der Waals surface area contributed by atoms with Gasteiger partial charge >= 0.3 is 0 Å². The van der Waals surface area contributed by atoms with Gasteiger partial charge in [0.05, 0.1) is 0 Å². The molecule has 0 fully saturated rings. The molecule has 0 radical (unpaired) electrons. The van der Waals surface area contributed by atoms with Gasteiger partial charge in [-0.15, -0.1) is 0 Å². The van der Waals surface area contributed by atoms with E-state index in [4.69, 9.17) is 0 Å². The molecular weight excluding hydrogens is 167 g/mol. The minimum atomic E-state index is 1.10. The van der Waals surface area contributed by atoms with E-state index in [1.54, 1.807) is 0 Å². The molecule has 0 bridgehead atoms. The Hall–Kier alpha value is -1.50. The van der Waals surface area contributed by atoms with Crippen molar-refractivity contribution < 1.29 is 0 Å². The first-order valence-electron chi connectivity index (χ1n) is 5.02. The molecule has 1 aliphatic carbocycles. The standard InChI is InChI=1S/C13H11B/c14-11-5-6-13-10(8-11)7-9-3-1-2-4-12(9)13/h1-6,8H,7,14H2. The summed E-state index contributed by atoms with van der Waals surface area (Å²) in [6.45, 7) is 0. The van der Waals surface area contributed by atoms with Crippen LogP contribution in [0.5, 0.6) is 0 Å². The third kappa shape index (κ3) is 1.02. The van der Waals surface area contributed by atoms with Crippen LogP contribution in [0.3, 0.4) is 0 Å². The summed E-state index contributed by atoms with van der Waals surface area (Å²) in [7, 11) is 2.16. The summed E-state index contributed by atoms with van der Waals surface area (Å²) >= 11 is 0. The summed E-state index contributed by atoms with van der Waals surface area (Å²) in [5.41, 5.74) is 7.14. The molecule has 0 unspecified atom stereocenters. The number of rotatable bonds is 0. The topological polar surface area (TPSA) is 0 Å². The smallest absolute Gasteiger partial charge is 0.0886 e. The summed E-state index contributed by atoms with van der Waals surface area (Å²) < 4.78 is 0. The van der Waals surface area contributed by atoms with Crippen molar-refractivity contribution in [2.24, 2.45) is 0 Å². The van der Waals surface area contributed by atoms with Gasteiger partial charge in [0.1, 0.15) is 7.85 Å². The SMILES string of the molecule is Bc1ccc2c(c1)Cc1ccccc1-2. The molecule has 0 aromatic heterocycles. The number of benzene rings is 2. The van der Waals surface area contributed by atoms with E-state index in [0.717, 1.165) is 6.42 Å². The van der Waals surface area contributed by atoms with Crippen LogP contribution >= 0.6 is 0 Å². The molecule has 0 saturated heterocycles. The summed E-state index contributed by atoms with van der Waals surface area (Å²) in [4.78, 5) is 0. The van der Waals surface area contributed by atoms with Gasteiger partial charge in [0.2, 0.25) is 0 Å². The van der Waals surface area contributed by atoms with Crippen LogP contribution in [-0.4, -0.2) is 7.85 Å². The van der Waals surface area contributed by atoms with Crippen molar-refractivity contribution >= 4 is 13.3 Å². The Kier molecular flexibility index (Phi) is 1.54. The van der Waals surface area contributed by atoms with Crippen LogP contribution in [0.25, 0.3) is 11.1 Å². The molecule has 0 aliphatic heterocycles. The molecule has 0 nitrogen and oxygen atoms in total. The fourth-order valence-corrected chi connectivity index (χ4v) is 2.27. The highest BCUT2D eigenvalue weighted by molar-refractivity contribution is 6.32. The first kappa shape index (κ1) is 7.87. The molecule has 66 valence electrons. The van der Waals surface area contributed by atoms with Crippen molar-refractivity contribution in [1.29, 1.82) is 0 Å². The first-order chi connectivity index (χ1) is 6.84. The third-order valence-electron chi connectivity index (χ3n) is 2.95. The predicted molar refractivity (Wildman–Crippen MR) is 62.9 cm³/mol. The van der Waals surface area contributed by atoms with Gasteiger partial charge in [0.25, 0.3) is 0 Å². The zero-order valence-electron chi connectivity index (χ0n) is 8.25. The summed E-state index contributed by atoms with van der Waals surface area (Å²) in [6.07, 6.45) is 1.10. The summed E-state index contributed by atoms with van der Waals surface area (Å²) in [6, 6.07) is 15.4. The van der Waals surface area contributed by atoms with Crippen LogP contribution in [0.2, 0.25) is 0 Å². The second kappa shape index (κ2) is 2.75. The van der Waals surface area contributed by atoms with Crippen molar-refractivity contribution in [3.05, 3.63) is 53.6 Å². The molecule has 2 aromatic rings. The van der Waals surface area contributed by atoms with Gasteiger partial charge in [-0.1, -0.05) is 47.9 Å². The van der Waals surface area contributed by atoms with Gasteiger partial charge in [0, 0.05) is 0 Å². The van der Waals surface area contributed by atoms with Crippen molar-refractivity contribution in [3.8, 4) is 11.1 Å². The van der Waals surface area contributed by atoms with Gasteiger partial charge in [-0.2, -0.15) is 0 Å². The normalized spacial score (nSPS) is 12.3. The zero-order chi connectivity index (χ0) is 9.54. The molecule has 1 heteroatoms. The summed E-state index contributed by atoms with van der Waals surface area (Å²) in [5.74, 6) is 0. The largest absolute Gasteiger partial charge is 0.139 e. The Morgan fingerprint density at radius 1 is 0.857 bits per heavy atom. The van der Waals surface area contributed by atoms with Crippen molar-refractivity contribution in [2.75, 3.05) is 0 Å². The van der Waals surface area contributed by atoms with Gasteiger partial charge in [0.15, 0.2) is 0 Å². The van der Waals surface area contributed by atoms with Crippen molar-refractivity contribution in [1.82, 2.24) is 0 Å². The van der Waals surface area contributed by atoms with Gasteiger partial charge in [-0.3, -0.25) is 0 Å². The number of hydrogen-bond acceptors (Lipinski definition) is 0. The monoisotopic (exact) mass is 178 g/mol. The van der Waals surface area contributed by atoms with E-state index in [1.165, 1.54) is 27.7 Å². The highest BCUT2D eigenvalue weighted by atomic mass is 14.2. The van der Waals surface area contributed by atoms with Crippen LogP contribution in [-0.2, 0) is 6.42 Å². The average Bonchev–Trinajstić information content (AvgIpc) is 2.54. The molecular formula is C13H11B. The van der Waals surface area contributed by atoms with E-state index in [9.17, 15) is 0 Å². The fraction of sp³-hybridized carbons (Fsp3) is 0.0769. The number of fused-ring (bicyclic) bond motifs is 3. The first-order valence-corrected chi connectivity index (χ1v) is 5.02. The molecule has 0 saturated carbocycles. The maximum absolute atomic E-state index is 2.30. The minimum absolute atomic E-state index is 1.10. The van der Waals surface area contributed by atoms with Crippen LogP contribution < -0.4 is 5.46 Å². The van der Waals surface area contributed by atoms with Gasteiger partial charge in [-0.25, -0.2) is 0 Å². The lowest BCUT2D eigenvalue weighted by Gasteiger charge is -2.00. The van der Waals surface area contributed by atoms with Gasteiger partial charge in [-0.05, 0) is 28.7 Å². The second-order valence-electron chi connectivity index (χ2n) is 3.99. The van der Waals surface area contributed by atoms with E-state index in [0.29, 0.717) is 0 Å². The predicted octanol–water partition coefficient (Wildman–Crippen LogP) is 1.52. The average molecular weight is 178 g/mol. The quantitative estimate of drug-likeness (QED) is 0.458. The van der Waals surface area contributed by atoms with Crippen molar-refractivity contribution in [2.45, 2.75) is 6.42 Å². The Labute approximate surface area is 85.0 Å². The van der Waals surface area contributed by atoms with E-state index in [1.807, 2.05) is 0 Å². The second-order valence-corrected chi connectivity index (χ2v) is 3.99. The molecule has 3 rings (SSSR count). The van der Waals surface area contributed by atoms with E-state index < -0.39 is 0 Å². The van der Waals surface area contributed by atoms with E-state index in [2.05, 4.69) is 50.3 Å². The maximum Gasteiger partial charge on any atom is 0.139 e. The minimum Gasteiger partial charge on any atom is -0.0886 e. The Bertz CT molecular complexity index is 500. The lowest BCUT2D eigenvalue weighted by atomic mass is 9.92. The lowest BCUT2D eigenvalue weighted by Crippen LogP contribution is -2.01. The zero-order valence-corrected chi connectivity index (χ0v) is 8.25. The van der Waals surface area contributed by atoms with Crippen LogP contribution in [0.4, 0.5) is 0 Å². The highest BCUT2D eigenvalue weighted by Gasteiger charge is 2.16. The molecule has 0 heterocycles. The van der Waals surface area contributed by atoms with Crippen molar-refractivity contribution in [3.63, 3.8) is 0 Å². The van der Waals surface area contributed by atoms with Gasteiger partial charge < -0.3 is 0 Å². The molecule has 2 aromatic carbocycles. The molecule has 0 amide bonds. The highest BCUT2D eigenvalue weighted by Crippen LogP contribution is 2.35. The molecule has 0 atom stereocenters. The molecule has 14 heavy (non-hydrogen) atoms. The number of hydrogen-bond donors (Lipinski definition) is 0. The van der Waals surface area contributed by atoms with Crippen LogP contribution in [0.1, 0.15) is 11.1 Å². The molecule has 0 N–H and O–H groups in total. The lowest BCUT2D eigenvalue weighted by molar-refractivity contribution is 1.27. The third-order valence-corrected chi connectivity index (χ3v) is 2.95. The Balaban J connectivity index is 2.27. The Morgan fingerprint density at radius 3 is 2.57 bits per heavy atom. The Morgan fingerprint density at radius 2 is 1.64 bits per heavy atom. The molecule has 1 aliphatic rings. The van der Waals surface area contributed by atoms with E-state index >= 15 is 0 Å². The fourth-order valence-electron chi connectivity index (χ4n) is 2.27. The van der Waals surface area contributed by atoms with E-state index in [-0.39, 0.29) is 0 Å². The van der Waals surface area contributed by atoms with Crippen LogP contribution in [0.15, 0.2) is 42.5 Å². The summed E-state index contributed by atoms with van der Waals surface area (Å²) in [5, 5.41) is 0. The van der Waals surface area contributed by atoms with Crippen LogP contribution in [0, 0.1) is 0 Å². The molecule has 0 spiro atoms.